The van der Waals surface area contributed by atoms with Crippen molar-refractivity contribution in [1.82, 2.24) is 0 Å². The van der Waals surface area contributed by atoms with Crippen LogP contribution >= 0.6 is 0 Å². The van der Waals surface area contributed by atoms with Crippen molar-refractivity contribution in [2.75, 3.05) is 11.4 Å². The molecule has 0 spiro atoms. The van der Waals surface area contributed by atoms with Gasteiger partial charge in [-0.15, -0.1) is 0 Å². The highest BCUT2D eigenvalue weighted by Gasteiger charge is 2.51. The van der Waals surface area contributed by atoms with Gasteiger partial charge < -0.3 is 10.0 Å². The number of benzene rings is 2. The van der Waals surface area contributed by atoms with Gasteiger partial charge in [0.1, 0.15) is 0 Å². The molecule has 2 aromatic carbocycles. The van der Waals surface area contributed by atoms with Crippen LogP contribution in [0.1, 0.15) is 23.6 Å². The Hall–Kier alpha value is -2.13. The summed E-state index contributed by atoms with van der Waals surface area (Å²) >= 11 is 0. The maximum Gasteiger partial charge on any atom is 0.268 e. The molecular formula is C17H17NO2. The summed E-state index contributed by atoms with van der Waals surface area (Å²) in [6, 6.07) is 14.9. The van der Waals surface area contributed by atoms with Gasteiger partial charge in [-0.1, -0.05) is 42.5 Å². The van der Waals surface area contributed by atoms with E-state index in [0.717, 1.165) is 11.3 Å². The summed E-state index contributed by atoms with van der Waals surface area (Å²) in [5.41, 5.74) is 1.49. The molecular weight excluding hydrogens is 250 g/mol. The molecule has 0 bridgehead atoms. The molecule has 1 atom stereocenters. The van der Waals surface area contributed by atoms with Crippen molar-refractivity contribution in [3.05, 3.63) is 65.2 Å². The lowest BCUT2D eigenvalue weighted by atomic mass is 9.85. The van der Waals surface area contributed by atoms with Crippen LogP contribution < -0.4 is 4.90 Å². The zero-order valence-electron chi connectivity index (χ0n) is 11.6. The Kier molecular flexibility index (Phi) is 2.87. The SMILES string of the molecule is CCN1C(=O)C(O)(c2ccccc2)c2c(C)cccc21. The molecule has 1 amide bonds. The smallest absolute Gasteiger partial charge is 0.268 e. The number of hydrogen-bond donors (Lipinski definition) is 1. The number of fused-ring (bicyclic) bond motifs is 1. The maximum absolute atomic E-state index is 12.7. The van der Waals surface area contributed by atoms with Gasteiger partial charge in [-0.2, -0.15) is 0 Å². The summed E-state index contributed by atoms with van der Waals surface area (Å²) in [6.07, 6.45) is 0. The Morgan fingerprint density at radius 1 is 1.10 bits per heavy atom. The zero-order valence-corrected chi connectivity index (χ0v) is 11.6. The summed E-state index contributed by atoms with van der Waals surface area (Å²) < 4.78 is 0. The number of likely N-dealkylation sites (N-methyl/N-ethyl adjacent to an activating group) is 1. The second-order valence-electron chi connectivity index (χ2n) is 5.09. The number of anilines is 1. The minimum Gasteiger partial charge on any atom is -0.372 e. The summed E-state index contributed by atoms with van der Waals surface area (Å²) in [5.74, 6) is -0.268. The van der Waals surface area contributed by atoms with Crippen LogP contribution in [0.2, 0.25) is 0 Å². The quantitative estimate of drug-likeness (QED) is 0.908. The molecule has 0 fully saturated rings. The Morgan fingerprint density at radius 2 is 1.80 bits per heavy atom. The highest BCUT2D eigenvalue weighted by molar-refractivity contribution is 6.09. The largest absolute Gasteiger partial charge is 0.372 e. The molecule has 1 N–H and O–H groups in total. The van der Waals surface area contributed by atoms with E-state index in [1.807, 2.05) is 50.2 Å². The number of hydrogen-bond acceptors (Lipinski definition) is 2. The number of carbonyl (C=O) groups is 1. The van der Waals surface area contributed by atoms with Crippen LogP contribution in [0.3, 0.4) is 0 Å². The van der Waals surface area contributed by atoms with E-state index in [0.29, 0.717) is 17.7 Å². The molecule has 0 saturated carbocycles. The molecule has 3 nitrogen and oxygen atoms in total. The van der Waals surface area contributed by atoms with Crippen molar-refractivity contribution in [3.63, 3.8) is 0 Å². The van der Waals surface area contributed by atoms with E-state index in [4.69, 9.17) is 0 Å². The third kappa shape index (κ3) is 1.53. The molecule has 2 aromatic rings. The molecule has 1 aliphatic rings. The standard InChI is InChI=1S/C17H17NO2/c1-3-18-14-11-7-8-12(2)15(14)17(20,16(18)19)13-9-5-4-6-10-13/h4-11,20H,3H2,1-2H3. The lowest BCUT2D eigenvalue weighted by Gasteiger charge is -2.24. The van der Waals surface area contributed by atoms with Gasteiger partial charge in [0.2, 0.25) is 0 Å². The van der Waals surface area contributed by atoms with E-state index in [1.54, 1.807) is 17.0 Å². The minimum absolute atomic E-state index is 0.268. The average molecular weight is 267 g/mol. The first kappa shape index (κ1) is 12.9. The monoisotopic (exact) mass is 267 g/mol. The van der Waals surface area contributed by atoms with E-state index in [-0.39, 0.29) is 5.91 Å². The summed E-state index contributed by atoms with van der Waals surface area (Å²) in [6.45, 7) is 4.39. The van der Waals surface area contributed by atoms with Gasteiger partial charge in [-0.05, 0) is 31.0 Å². The first-order valence-electron chi connectivity index (χ1n) is 6.80. The topological polar surface area (TPSA) is 40.5 Å². The zero-order chi connectivity index (χ0) is 14.3. The number of rotatable bonds is 2. The molecule has 0 aliphatic carbocycles. The Labute approximate surface area is 118 Å². The highest BCUT2D eigenvalue weighted by Crippen LogP contribution is 2.45. The van der Waals surface area contributed by atoms with Crippen molar-refractivity contribution in [1.29, 1.82) is 0 Å². The van der Waals surface area contributed by atoms with Crippen LogP contribution in [0.15, 0.2) is 48.5 Å². The van der Waals surface area contributed by atoms with Crippen molar-refractivity contribution in [2.45, 2.75) is 19.4 Å². The number of aliphatic hydroxyl groups is 1. The fourth-order valence-corrected chi connectivity index (χ4v) is 3.02. The van der Waals surface area contributed by atoms with Crippen LogP contribution in [-0.2, 0) is 10.4 Å². The van der Waals surface area contributed by atoms with Gasteiger partial charge in [-0.25, -0.2) is 0 Å². The molecule has 0 saturated heterocycles. The van der Waals surface area contributed by atoms with Crippen LogP contribution in [0.4, 0.5) is 5.69 Å². The van der Waals surface area contributed by atoms with Gasteiger partial charge in [0.25, 0.3) is 5.91 Å². The normalized spacial score (nSPS) is 21.1. The number of amides is 1. The second kappa shape index (κ2) is 4.46. The molecule has 1 heterocycles. The minimum atomic E-state index is -1.57. The van der Waals surface area contributed by atoms with E-state index in [9.17, 15) is 9.90 Å². The van der Waals surface area contributed by atoms with Crippen molar-refractivity contribution < 1.29 is 9.90 Å². The summed E-state index contributed by atoms with van der Waals surface area (Å²) in [4.78, 5) is 14.4. The predicted octanol–water partition coefficient (Wildman–Crippen LogP) is 2.60. The van der Waals surface area contributed by atoms with E-state index in [2.05, 4.69) is 0 Å². The average Bonchev–Trinajstić information content (AvgIpc) is 2.70. The fourth-order valence-electron chi connectivity index (χ4n) is 3.02. The Bertz CT molecular complexity index is 666. The van der Waals surface area contributed by atoms with Gasteiger partial charge in [0.05, 0.1) is 5.69 Å². The lowest BCUT2D eigenvalue weighted by Crippen LogP contribution is -2.41. The molecule has 3 rings (SSSR count). The molecule has 1 aliphatic heterocycles. The van der Waals surface area contributed by atoms with Crippen LogP contribution in [0.5, 0.6) is 0 Å². The Morgan fingerprint density at radius 3 is 2.45 bits per heavy atom. The van der Waals surface area contributed by atoms with Crippen molar-refractivity contribution in [2.24, 2.45) is 0 Å². The molecule has 3 heteroatoms. The third-order valence-corrected chi connectivity index (χ3v) is 3.97. The van der Waals surface area contributed by atoms with E-state index >= 15 is 0 Å². The van der Waals surface area contributed by atoms with Crippen LogP contribution in [0.25, 0.3) is 0 Å². The summed E-state index contributed by atoms with van der Waals surface area (Å²) in [5, 5.41) is 11.2. The van der Waals surface area contributed by atoms with E-state index < -0.39 is 5.60 Å². The number of nitrogens with zero attached hydrogens (tertiary/aromatic N) is 1. The lowest BCUT2D eigenvalue weighted by molar-refractivity contribution is -0.132. The maximum atomic E-state index is 12.7. The third-order valence-electron chi connectivity index (χ3n) is 3.97. The summed E-state index contributed by atoms with van der Waals surface area (Å²) in [7, 11) is 0. The highest BCUT2D eigenvalue weighted by atomic mass is 16.3. The molecule has 1 unspecified atom stereocenters. The molecule has 0 radical (unpaired) electrons. The molecule has 0 aromatic heterocycles. The first-order valence-corrected chi connectivity index (χ1v) is 6.80. The molecule has 20 heavy (non-hydrogen) atoms. The molecule has 102 valence electrons. The fraction of sp³-hybridized carbons (Fsp3) is 0.235. The van der Waals surface area contributed by atoms with Crippen LogP contribution in [-0.4, -0.2) is 17.6 Å². The number of aryl methyl sites for hydroxylation is 1. The van der Waals surface area contributed by atoms with Gasteiger partial charge in [0, 0.05) is 12.1 Å². The van der Waals surface area contributed by atoms with Crippen LogP contribution in [0, 0.1) is 6.92 Å². The van der Waals surface area contributed by atoms with Crippen molar-refractivity contribution in [3.8, 4) is 0 Å². The first-order chi connectivity index (χ1) is 9.60. The van der Waals surface area contributed by atoms with Gasteiger partial charge in [-0.3, -0.25) is 4.79 Å². The predicted molar refractivity (Wildman–Crippen MR) is 78.6 cm³/mol. The Balaban J connectivity index is 2.31. The van der Waals surface area contributed by atoms with Crippen molar-refractivity contribution >= 4 is 11.6 Å². The van der Waals surface area contributed by atoms with E-state index in [1.165, 1.54) is 0 Å². The van der Waals surface area contributed by atoms with Gasteiger partial charge >= 0.3 is 0 Å². The van der Waals surface area contributed by atoms with Gasteiger partial charge in [0.15, 0.2) is 5.60 Å². The second-order valence-corrected chi connectivity index (χ2v) is 5.09. The number of carbonyl (C=O) groups excluding carboxylic acids is 1.